The van der Waals surface area contributed by atoms with Crippen LogP contribution in [0.15, 0.2) is 12.1 Å². The van der Waals surface area contributed by atoms with Crippen LogP contribution in [0.5, 0.6) is 0 Å². The number of unbranched alkanes of at least 4 members (excludes halogenated alkanes) is 2. The molecule has 0 saturated heterocycles. The molecule has 90 valence electrons. The monoisotopic (exact) mass is 322 g/mol. The van der Waals surface area contributed by atoms with Crippen LogP contribution in [0.25, 0.3) is 0 Å². The molecule has 0 unspecified atom stereocenters. The average Bonchev–Trinajstić information content (AvgIpc) is 2.16. The van der Waals surface area contributed by atoms with Crippen molar-refractivity contribution >= 4 is 0 Å². The summed E-state index contributed by atoms with van der Waals surface area (Å²) in [5.74, 6) is -2.38. The van der Waals surface area contributed by atoms with Crippen LogP contribution in [-0.2, 0) is 39.1 Å². The molecule has 0 fully saturated rings. The summed E-state index contributed by atoms with van der Waals surface area (Å²) in [5, 5.41) is 0. The summed E-state index contributed by atoms with van der Waals surface area (Å²) in [7, 11) is 0. The number of hydrogen-bond donors (Lipinski definition) is 0. The molecule has 17 heavy (non-hydrogen) atoms. The van der Waals surface area contributed by atoms with Crippen LogP contribution >= 0.6 is 0 Å². The molecule has 0 aliphatic carbocycles. The van der Waals surface area contributed by atoms with Crippen molar-refractivity contribution in [1.82, 2.24) is 0 Å². The molecule has 5 heteroatoms. The summed E-state index contributed by atoms with van der Waals surface area (Å²) in [5.41, 5.74) is -0.785. The standard InChI is InChI=1S/C12H13F4.Y/c1-2-3-4-5-8-6-9(13)11(12(15)16)10(14)7-8;/h6-7H,2-5H2,1H3;/q-1;+3. The molecule has 0 nitrogen and oxygen atoms in total. The fraction of sp³-hybridized carbons (Fsp3) is 0.417. The topological polar surface area (TPSA) is 0 Å². The minimum Gasteiger partial charge on any atom is -0.283 e. The van der Waals surface area contributed by atoms with Crippen LogP contribution in [0, 0.1) is 18.1 Å². The quantitative estimate of drug-likeness (QED) is 0.426. The molecule has 1 aromatic carbocycles. The van der Waals surface area contributed by atoms with Crippen LogP contribution in [0.4, 0.5) is 17.6 Å². The number of hydrogen-bond acceptors (Lipinski definition) is 0. The molecule has 0 saturated carbocycles. The Kier molecular flexibility index (Phi) is 8.05. The summed E-state index contributed by atoms with van der Waals surface area (Å²) >= 11 is 0. The van der Waals surface area contributed by atoms with E-state index in [1.54, 1.807) is 0 Å². The van der Waals surface area contributed by atoms with Crippen molar-refractivity contribution in [2.24, 2.45) is 0 Å². The van der Waals surface area contributed by atoms with Crippen LogP contribution < -0.4 is 0 Å². The van der Waals surface area contributed by atoms with Crippen molar-refractivity contribution in [3.63, 3.8) is 0 Å². The van der Waals surface area contributed by atoms with Gasteiger partial charge in [0.1, 0.15) is 0 Å². The summed E-state index contributed by atoms with van der Waals surface area (Å²) in [4.78, 5) is 0. The molecular formula is C12H13F4Y+2. The molecule has 0 aliphatic rings. The van der Waals surface area contributed by atoms with Gasteiger partial charge < -0.3 is 0 Å². The molecule has 0 atom stereocenters. The van der Waals surface area contributed by atoms with E-state index >= 15 is 0 Å². The zero-order chi connectivity index (χ0) is 12.1. The Hall–Kier alpha value is -0.0861. The molecular weight excluding hydrogens is 309 g/mol. The number of benzene rings is 1. The molecule has 0 aliphatic heterocycles. The van der Waals surface area contributed by atoms with Crippen molar-refractivity contribution < 1.29 is 50.3 Å². The van der Waals surface area contributed by atoms with Gasteiger partial charge in [0.25, 0.3) is 0 Å². The Labute approximate surface area is 124 Å². The van der Waals surface area contributed by atoms with E-state index in [1.807, 2.05) is 6.92 Å². The Morgan fingerprint density at radius 1 is 1.06 bits per heavy atom. The van der Waals surface area contributed by atoms with E-state index in [2.05, 4.69) is 0 Å². The van der Waals surface area contributed by atoms with E-state index in [1.165, 1.54) is 0 Å². The Bertz CT molecular complexity index is 329. The van der Waals surface area contributed by atoms with Gasteiger partial charge in [-0.15, -0.1) is 0 Å². The smallest absolute Gasteiger partial charge is 0.283 e. The van der Waals surface area contributed by atoms with E-state index < -0.39 is 23.6 Å². The van der Waals surface area contributed by atoms with E-state index in [0.717, 1.165) is 31.4 Å². The summed E-state index contributed by atoms with van der Waals surface area (Å²) < 4.78 is 50.6. The molecule has 0 spiro atoms. The van der Waals surface area contributed by atoms with E-state index in [0.29, 0.717) is 12.0 Å². The first kappa shape index (κ1) is 16.9. The Balaban J connectivity index is 0.00000256. The van der Waals surface area contributed by atoms with E-state index in [9.17, 15) is 17.6 Å². The predicted octanol–water partition coefficient (Wildman–Crippen LogP) is 4.47. The molecule has 0 radical (unpaired) electrons. The molecule has 0 heterocycles. The number of halogens is 4. The van der Waals surface area contributed by atoms with Gasteiger partial charge in [-0.2, -0.15) is 0 Å². The zero-order valence-corrected chi connectivity index (χ0v) is 12.4. The van der Waals surface area contributed by atoms with Crippen molar-refractivity contribution in [3.8, 4) is 0 Å². The maximum atomic E-state index is 13.1. The third-order valence-electron chi connectivity index (χ3n) is 2.36. The van der Waals surface area contributed by atoms with E-state index in [-0.39, 0.29) is 32.7 Å². The fourth-order valence-electron chi connectivity index (χ4n) is 1.53. The van der Waals surface area contributed by atoms with Crippen LogP contribution in [0.3, 0.4) is 0 Å². The van der Waals surface area contributed by atoms with Gasteiger partial charge in [0.15, 0.2) is 6.43 Å². The number of rotatable bonds is 5. The maximum absolute atomic E-state index is 13.1. The maximum Gasteiger partial charge on any atom is 3.00 e. The normalized spacial score (nSPS) is 9.94. The zero-order valence-electron chi connectivity index (χ0n) is 9.57. The van der Waals surface area contributed by atoms with Crippen LogP contribution in [0.1, 0.15) is 37.3 Å². The molecule has 0 amide bonds. The largest absolute Gasteiger partial charge is 3.00 e. The van der Waals surface area contributed by atoms with Gasteiger partial charge in [0, 0.05) is 11.6 Å². The molecule has 0 N–H and O–H groups in total. The van der Waals surface area contributed by atoms with E-state index in [4.69, 9.17) is 0 Å². The van der Waals surface area contributed by atoms with Gasteiger partial charge in [-0.25, -0.2) is 0 Å². The van der Waals surface area contributed by atoms with Crippen LogP contribution in [0.2, 0.25) is 0 Å². The average molecular weight is 322 g/mol. The van der Waals surface area contributed by atoms with Gasteiger partial charge in [-0.05, 0) is 12.8 Å². The second kappa shape index (κ2) is 8.09. The third kappa shape index (κ3) is 4.96. The predicted molar refractivity (Wildman–Crippen MR) is 54.1 cm³/mol. The van der Waals surface area contributed by atoms with Crippen molar-refractivity contribution in [3.05, 3.63) is 41.3 Å². The SMILES string of the molecule is CCCCCc1cc(F)c([C-](F)F)c(F)c1.[Y+3]. The van der Waals surface area contributed by atoms with Gasteiger partial charge in [0.05, 0.1) is 0 Å². The first-order chi connectivity index (χ1) is 7.56. The van der Waals surface area contributed by atoms with Gasteiger partial charge in [-0.3, -0.25) is 17.6 Å². The second-order valence-electron chi connectivity index (χ2n) is 3.65. The molecule has 1 aromatic rings. The van der Waals surface area contributed by atoms with Gasteiger partial charge in [-0.1, -0.05) is 43.0 Å². The first-order valence-corrected chi connectivity index (χ1v) is 5.22. The molecule has 1 rings (SSSR count). The Morgan fingerprint density at radius 3 is 2.00 bits per heavy atom. The van der Waals surface area contributed by atoms with Crippen molar-refractivity contribution in [1.29, 1.82) is 0 Å². The van der Waals surface area contributed by atoms with Crippen molar-refractivity contribution in [2.75, 3.05) is 0 Å². The van der Waals surface area contributed by atoms with Gasteiger partial charge in [0.2, 0.25) is 0 Å². The minimum atomic E-state index is -2.32. The summed E-state index contributed by atoms with van der Waals surface area (Å²) in [6.45, 7) is 2.01. The Morgan fingerprint density at radius 2 is 1.59 bits per heavy atom. The summed E-state index contributed by atoms with van der Waals surface area (Å²) in [6, 6.07) is 1.96. The second-order valence-corrected chi connectivity index (χ2v) is 3.65. The van der Waals surface area contributed by atoms with Crippen LogP contribution in [-0.4, -0.2) is 0 Å². The molecule has 0 aromatic heterocycles. The third-order valence-corrected chi connectivity index (χ3v) is 2.36. The van der Waals surface area contributed by atoms with Gasteiger partial charge >= 0.3 is 32.7 Å². The minimum absolute atomic E-state index is 0. The van der Waals surface area contributed by atoms with Crippen molar-refractivity contribution in [2.45, 2.75) is 32.6 Å². The number of aryl methyl sites for hydroxylation is 1. The fourth-order valence-corrected chi connectivity index (χ4v) is 1.53. The first-order valence-electron chi connectivity index (χ1n) is 5.22. The molecule has 0 bridgehead atoms. The summed E-state index contributed by atoms with van der Waals surface area (Å²) in [6.07, 6.45) is 0.937.